The number of nitrogen functional groups attached to an aromatic ring is 1. The molecule has 0 bridgehead atoms. The number of aliphatic hydroxyl groups is 1. The highest BCUT2D eigenvalue weighted by molar-refractivity contribution is 6.28. The molecule has 3 atom stereocenters. The standard InChI is InChI=1S/C23H23ClN4O4/c1-2-23(14-29)17(31-19(30)10-6-9-15-7-4-3-5-8-15)13-18(32-23)28-12-11-16-20(25)26-22(24)27-21(16)28/h1,3-5,7-8,11-12,17-18,29H,6,9-10,13-14H2,(H2,25,26,27)/t17-,18+,23+/m0/s1. The van der Waals surface area contributed by atoms with Crippen LogP contribution in [0.15, 0.2) is 42.6 Å². The van der Waals surface area contributed by atoms with Crippen molar-refractivity contribution in [1.82, 2.24) is 14.5 Å². The summed E-state index contributed by atoms with van der Waals surface area (Å²) in [6.07, 6.45) is 7.83. The summed E-state index contributed by atoms with van der Waals surface area (Å²) in [6, 6.07) is 11.6. The number of carbonyl (C=O) groups is 1. The van der Waals surface area contributed by atoms with Crippen molar-refractivity contribution in [1.29, 1.82) is 0 Å². The van der Waals surface area contributed by atoms with E-state index in [9.17, 15) is 9.90 Å². The summed E-state index contributed by atoms with van der Waals surface area (Å²) in [5.41, 5.74) is 6.08. The van der Waals surface area contributed by atoms with Gasteiger partial charge in [0, 0.05) is 19.0 Å². The molecule has 0 spiro atoms. The lowest BCUT2D eigenvalue weighted by molar-refractivity contribution is -0.158. The van der Waals surface area contributed by atoms with Crippen LogP contribution in [0.25, 0.3) is 11.0 Å². The molecule has 0 unspecified atom stereocenters. The van der Waals surface area contributed by atoms with E-state index < -0.39 is 30.5 Å². The lowest BCUT2D eigenvalue weighted by Crippen LogP contribution is -2.44. The van der Waals surface area contributed by atoms with Crippen molar-refractivity contribution in [2.24, 2.45) is 0 Å². The third-order valence-corrected chi connectivity index (χ3v) is 5.78. The van der Waals surface area contributed by atoms with E-state index in [2.05, 4.69) is 15.9 Å². The maximum atomic E-state index is 12.5. The summed E-state index contributed by atoms with van der Waals surface area (Å²) in [5.74, 6) is 2.33. The minimum atomic E-state index is -1.46. The zero-order valence-electron chi connectivity index (χ0n) is 17.3. The number of terminal acetylenes is 1. The van der Waals surface area contributed by atoms with E-state index in [1.807, 2.05) is 30.3 Å². The van der Waals surface area contributed by atoms with Gasteiger partial charge in [0.15, 0.2) is 5.60 Å². The molecule has 1 aliphatic heterocycles. The molecule has 1 fully saturated rings. The number of rotatable bonds is 7. The van der Waals surface area contributed by atoms with E-state index in [1.54, 1.807) is 16.8 Å². The van der Waals surface area contributed by atoms with Crippen LogP contribution < -0.4 is 5.73 Å². The van der Waals surface area contributed by atoms with Gasteiger partial charge in [0.2, 0.25) is 5.28 Å². The number of aryl methyl sites for hydroxylation is 1. The van der Waals surface area contributed by atoms with Crippen LogP contribution in [-0.2, 0) is 20.7 Å². The quantitative estimate of drug-likeness (QED) is 0.320. The first kappa shape index (κ1) is 22.1. The zero-order chi connectivity index (χ0) is 22.7. The molecule has 2 aromatic heterocycles. The number of hydrogen-bond donors (Lipinski definition) is 2. The first-order chi connectivity index (χ1) is 15.5. The second kappa shape index (κ2) is 9.17. The fourth-order valence-corrected chi connectivity index (χ4v) is 4.10. The van der Waals surface area contributed by atoms with Crippen molar-refractivity contribution >= 4 is 34.4 Å². The fraction of sp³-hybridized carbons (Fsp3) is 0.348. The second-order valence-corrected chi connectivity index (χ2v) is 7.99. The van der Waals surface area contributed by atoms with Gasteiger partial charge in [-0.15, -0.1) is 6.42 Å². The molecule has 8 nitrogen and oxygen atoms in total. The van der Waals surface area contributed by atoms with Gasteiger partial charge in [-0.3, -0.25) is 4.79 Å². The van der Waals surface area contributed by atoms with Crippen molar-refractivity contribution < 1.29 is 19.4 Å². The highest BCUT2D eigenvalue weighted by atomic mass is 35.5. The molecule has 3 aromatic rings. The summed E-state index contributed by atoms with van der Waals surface area (Å²) in [6.45, 7) is -0.501. The smallest absolute Gasteiger partial charge is 0.306 e. The molecule has 1 saturated heterocycles. The average Bonchev–Trinajstić information content (AvgIpc) is 3.36. The Bertz CT molecular complexity index is 1160. The lowest BCUT2D eigenvalue weighted by atomic mass is 9.98. The molecule has 0 saturated carbocycles. The van der Waals surface area contributed by atoms with Crippen LogP contribution in [-0.4, -0.2) is 43.9 Å². The number of anilines is 1. The molecule has 0 aliphatic carbocycles. The number of nitrogens with zero attached hydrogens (tertiary/aromatic N) is 3. The number of carbonyl (C=O) groups excluding carboxylic acids is 1. The highest BCUT2D eigenvalue weighted by Crippen LogP contribution is 2.40. The normalized spacial score (nSPS) is 22.7. The van der Waals surface area contributed by atoms with Crippen LogP contribution in [0.3, 0.4) is 0 Å². The SMILES string of the molecule is C#C[C@]1(CO)O[C@@H](n2ccc3c(N)nc(Cl)nc32)C[C@@H]1OC(=O)CCCc1ccccc1. The Kier molecular flexibility index (Phi) is 6.33. The molecule has 32 heavy (non-hydrogen) atoms. The van der Waals surface area contributed by atoms with Crippen molar-refractivity contribution in [2.45, 2.75) is 43.6 Å². The molecule has 166 valence electrons. The molecule has 3 heterocycles. The summed E-state index contributed by atoms with van der Waals surface area (Å²) < 4.78 is 13.4. The van der Waals surface area contributed by atoms with Gasteiger partial charge in [-0.1, -0.05) is 36.3 Å². The minimum Gasteiger partial charge on any atom is -0.458 e. The van der Waals surface area contributed by atoms with Gasteiger partial charge < -0.3 is 24.9 Å². The van der Waals surface area contributed by atoms with E-state index in [0.29, 0.717) is 17.5 Å². The van der Waals surface area contributed by atoms with Crippen LogP contribution in [0, 0.1) is 12.3 Å². The number of hydrogen-bond acceptors (Lipinski definition) is 7. The van der Waals surface area contributed by atoms with Crippen molar-refractivity contribution in [3.05, 3.63) is 53.4 Å². The molecule has 1 aromatic carbocycles. The van der Waals surface area contributed by atoms with Gasteiger partial charge in [0.05, 0.1) is 12.0 Å². The number of aliphatic hydroxyl groups excluding tert-OH is 1. The van der Waals surface area contributed by atoms with E-state index in [-0.39, 0.29) is 23.9 Å². The number of esters is 1. The molecule has 0 amide bonds. The third-order valence-electron chi connectivity index (χ3n) is 5.61. The Labute approximate surface area is 190 Å². The summed E-state index contributed by atoms with van der Waals surface area (Å²) in [5, 5.41) is 10.6. The maximum absolute atomic E-state index is 12.5. The molecule has 3 N–H and O–H groups in total. The number of ether oxygens (including phenoxy) is 2. The van der Waals surface area contributed by atoms with Crippen LogP contribution in [0.1, 0.15) is 31.1 Å². The fourth-order valence-electron chi connectivity index (χ4n) is 3.93. The van der Waals surface area contributed by atoms with Gasteiger partial charge in [0.1, 0.15) is 23.8 Å². The highest BCUT2D eigenvalue weighted by Gasteiger charge is 2.50. The summed E-state index contributed by atoms with van der Waals surface area (Å²) in [4.78, 5) is 20.7. The van der Waals surface area contributed by atoms with Crippen molar-refractivity contribution in [3.8, 4) is 12.3 Å². The monoisotopic (exact) mass is 454 g/mol. The summed E-state index contributed by atoms with van der Waals surface area (Å²) in [7, 11) is 0. The Balaban J connectivity index is 1.48. The van der Waals surface area contributed by atoms with E-state index in [4.69, 9.17) is 33.2 Å². The summed E-state index contributed by atoms with van der Waals surface area (Å²) >= 11 is 5.96. The van der Waals surface area contributed by atoms with Crippen LogP contribution in [0.5, 0.6) is 0 Å². The average molecular weight is 455 g/mol. The van der Waals surface area contributed by atoms with E-state index in [0.717, 1.165) is 12.0 Å². The molecule has 0 radical (unpaired) electrons. The predicted molar refractivity (Wildman–Crippen MR) is 120 cm³/mol. The predicted octanol–water partition coefficient (Wildman–Crippen LogP) is 2.88. The number of fused-ring (bicyclic) bond motifs is 1. The first-order valence-electron chi connectivity index (χ1n) is 10.2. The molecule has 4 rings (SSSR count). The number of aromatic nitrogens is 3. The molecular formula is C23H23ClN4O4. The molecule has 9 heteroatoms. The second-order valence-electron chi connectivity index (χ2n) is 7.66. The third kappa shape index (κ3) is 4.28. The van der Waals surface area contributed by atoms with Gasteiger partial charge in [-0.25, -0.2) is 4.98 Å². The number of halogens is 1. The van der Waals surface area contributed by atoms with Crippen LogP contribution in [0.2, 0.25) is 5.28 Å². The van der Waals surface area contributed by atoms with Crippen molar-refractivity contribution in [3.63, 3.8) is 0 Å². The Morgan fingerprint density at radius 2 is 2.16 bits per heavy atom. The van der Waals surface area contributed by atoms with Gasteiger partial charge >= 0.3 is 5.97 Å². The topological polar surface area (TPSA) is 112 Å². The first-order valence-corrected chi connectivity index (χ1v) is 10.6. The molecular weight excluding hydrogens is 432 g/mol. The Hall–Kier alpha value is -3.12. The number of nitrogens with two attached hydrogens (primary N) is 1. The largest absolute Gasteiger partial charge is 0.458 e. The van der Waals surface area contributed by atoms with E-state index in [1.165, 1.54) is 0 Å². The van der Waals surface area contributed by atoms with Crippen molar-refractivity contribution in [2.75, 3.05) is 12.3 Å². The number of benzene rings is 1. The maximum Gasteiger partial charge on any atom is 0.306 e. The van der Waals surface area contributed by atoms with Gasteiger partial charge in [0.25, 0.3) is 0 Å². The Morgan fingerprint density at radius 3 is 2.88 bits per heavy atom. The zero-order valence-corrected chi connectivity index (χ0v) is 18.0. The van der Waals surface area contributed by atoms with Crippen LogP contribution in [0.4, 0.5) is 5.82 Å². The molecule has 1 aliphatic rings. The van der Waals surface area contributed by atoms with Gasteiger partial charge in [-0.05, 0) is 36.1 Å². The van der Waals surface area contributed by atoms with E-state index >= 15 is 0 Å². The minimum absolute atomic E-state index is 0.000267. The lowest BCUT2D eigenvalue weighted by Gasteiger charge is -2.26. The Morgan fingerprint density at radius 1 is 1.38 bits per heavy atom. The van der Waals surface area contributed by atoms with Gasteiger partial charge in [-0.2, -0.15) is 4.98 Å². The van der Waals surface area contributed by atoms with Crippen LogP contribution >= 0.6 is 11.6 Å².